The summed E-state index contributed by atoms with van der Waals surface area (Å²) in [6, 6.07) is -0.680. The highest BCUT2D eigenvalue weighted by molar-refractivity contribution is 7.89. The number of aryl methyl sites for hydroxylation is 1. The molecule has 1 aliphatic rings. The smallest absolute Gasteiger partial charge is 0.274 e. The minimum Gasteiger partial charge on any atom is -0.274 e. The van der Waals surface area contributed by atoms with Crippen molar-refractivity contribution in [2.45, 2.75) is 42.8 Å². The van der Waals surface area contributed by atoms with E-state index in [2.05, 4.69) is 9.82 Å². The van der Waals surface area contributed by atoms with Gasteiger partial charge in [-0.15, -0.1) is 0 Å². The van der Waals surface area contributed by atoms with Crippen LogP contribution in [0, 0.1) is 5.92 Å². The molecule has 1 heterocycles. The number of nitrogens with zero attached hydrogens (tertiary/aromatic N) is 2. The number of sulfonamides is 1. The van der Waals surface area contributed by atoms with Crippen molar-refractivity contribution in [3.63, 3.8) is 0 Å². The zero-order valence-electron chi connectivity index (χ0n) is 10.9. The van der Waals surface area contributed by atoms with Crippen LogP contribution in [-0.2, 0) is 17.1 Å². The van der Waals surface area contributed by atoms with Crippen LogP contribution in [-0.4, -0.2) is 30.4 Å². The Hall–Kier alpha value is -1.09. The van der Waals surface area contributed by atoms with E-state index in [9.17, 15) is 21.6 Å². The summed E-state index contributed by atoms with van der Waals surface area (Å²) in [5.41, 5.74) is 0. The Balaban J connectivity index is 2.06. The zero-order chi connectivity index (χ0) is 15.0. The third kappa shape index (κ3) is 3.51. The highest BCUT2D eigenvalue weighted by Gasteiger charge is 2.42. The third-order valence-corrected chi connectivity index (χ3v) is 4.93. The summed E-state index contributed by atoms with van der Waals surface area (Å²) in [5, 5.41) is 3.75. The molecule has 1 N–H and O–H groups in total. The third-order valence-electron chi connectivity index (χ3n) is 3.45. The van der Waals surface area contributed by atoms with Gasteiger partial charge < -0.3 is 0 Å². The maximum Gasteiger partial charge on any atom is 0.391 e. The van der Waals surface area contributed by atoms with Crippen molar-refractivity contribution in [1.82, 2.24) is 14.5 Å². The number of aromatic nitrogens is 2. The van der Waals surface area contributed by atoms with Crippen LogP contribution >= 0.6 is 0 Å². The molecule has 2 rings (SSSR count). The van der Waals surface area contributed by atoms with E-state index in [1.54, 1.807) is 7.05 Å². The molecule has 1 aromatic rings. The first-order valence-electron chi connectivity index (χ1n) is 6.26. The van der Waals surface area contributed by atoms with Gasteiger partial charge in [-0.25, -0.2) is 13.1 Å². The Bertz CT molecular complexity index is 568. The molecule has 2 unspecified atom stereocenters. The summed E-state index contributed by atoms with van der Waals surface area (Å²) in [6.07, 6.45) is -1.13. The van der Waals surface area contributed by atoms with Gasteiger partial charge >= 0.3 is 6.18 Å². The van der Waals surface area contributed by atoms with Crippen LogP contribution in [0.4, 0.5) is 13.2 Å². The monoisotopic (exact) mass is 311 g/mol. The molecular formula is C11H16F3N3O2S. The van der Waals surface area contributed by atoms with Crippen LogP contribution < -0.4 is 4.72 Å². The number of alkyl halides is 3. The van der Waals surface area contributed by atoms with Crippen molar-refractivity contribution < 1.29 is 21.6 Å². The number of rotatable bonds is 3. The second-order valence-electron chi connectivity index (χ2n) is 5.07. The lowest BCUT2D eigenvalue weighted by Crippen LogP contribution is -2.41. The van der Waals surface area contributed by atoms with Gasteiger partial charge in [-0.1, -0.05) is 6.42 Å². The number of hydrogen-bond acceptors (Lipinski definition) is 3. The van der Waals surface area contributed by atoms with Crippen molar-refractivity contribution in [1.29, 1.82) is 0 Å². The van der Waals surface area contributed by atoms with Crippen molar-refractivity contribution in [2.75, 3.05) is 0 Å². The maximum absolute atomic E-state index is 12.7. The Kier molecular flexibility index (Phi) is 4.10. The van der Waals surface area contributed by atoms with Crippen molar-refractivity contribution in [2.24, 2.45) is 13.0 Å². The number of hydrogen-bond donors (Lipinski definition) is 1. The second kappa shape index (κ2) is 5.36. The van der Waals surface area contributed by atoms with Crippen LogP contribution in [0.3, 0.4) is 0 Å². The van der Waals surface area contributed by atoms with Gasteiger partial charge in [0.15, 0.2) is 0 Å². The summed E-state index contributed by atoms with van der Waals surface area (Å²) < 4.78 is 65.8. The average molecular weight is 311 g/mol. The minimum atomic E-state index is -4.27. The molecule has 0 aromatic carbocycles. The topological polar surface area (TPSA) is 64.0 Å². The summed E-state index contributed by atoms with van der Waals surface area (Å²) in [5.74, 6) is -1.43. The van der Waals surface area contributed by atoms with Crippen molar-refractivity contribution in [3.8, 4) is 0 Å². The van der Waals surface area contributed by atoms with E-state index in [0.717, 1.165) is 0 Å². The summed E-state index contributed by atoms with van der Waals surface area (Å²) in [4.78, 5) is -0.0332. The Morgan fingerprint density at radius 1 is 1.40 bits per heavy atom. The standard InChI is InChI=1S/C11H16F3N3O2S/c1-17-7-10(6-15-17)20(18,19)16-9-4-2-3-8(5-9)11(12,13)14/h6-9,16H,2-5H2,1H3. The van der Waals surface area contributed by atoms with Crippen LogP contribution in [0.1, 0.15) is 25.7 Å². The van der Waals surface area contributed by atoms with Crippen molar-refractivity contribution in [3.05, 3.63) is 12.4 Å². The summed E-state index contributed by atoms with van der Waals surface area (Å²) >= 11 is 0. The van der Waals surface area contributed by atoms with Crippen LogP contribution in [0.25, 0.3) is 0 Å². The lowest BCUT2D eigenvalue weighted by molar-refractivity contribution is -0.183. The number of nitrogens with one attached hydrogen (secondary N) is 1. The molecule has 0 amide bonds. The molecule has 0 bridgehead atoms. The van der Waals surface area contributed by atoms with Gasteiger partial charge in [0.1, 0.15) is 4.90 Å². The molecule has 114 valence electrons. The molecule has 0 radical (unpaired) electrons. The fourth-order valence-corrected chi connectivity index (χ4v) is 3.69. The van der Waals surface area contributed by atoms with E-state index >= 15 is 0 Å². The fraction of sp³-hybridized carbons (Fsp3) is 0.727. The van der Waals surface area contributed by atoms with Crippen LogP contribution in [0.5, 0.6) is 0 Å². The number of halogens is 3. The first kappa shape index (κ1) is 15.3. The molecule has 0 aliphatic heterocycles. The first-order chi connectivity index (χ1) is 9.18. The van der Waals surface area contributed by atoms with E-state index in [1.807, 2.05) is 0 Å². The van der Waals surface area contributed by atoms with E-state index in [-0.39, 0.29) is 17.7 Å². The molecule has 0 saturated heterocycles. The summed E-state index contributed by atoms with van der Waals surface area (Å²) in [7, 11) is -2.24. The zero-order valence-corrected chi connectivity index (χ0v) is 11.7. The van der Waals surface area contributed by atoms with Gasteiger partial charge in [-0.2, -0.15) is 18.3 Å². The van der Waals surface area contributed by atoms with Gasteiger partial charge in [0.2, 0.25) is 10.0 Å². The first-order valence-corrected chi connectivity index (χ1v) is 7.74. The van der Waals surface area contributed by atoms with Gasteiger partial charge in [0, 0.05) is 19.3 Å². The average Bonchev–Trinajstić information content (AvgIpc) is 2.75. The van der Waals surface area contributed by atoms with E-state index in [1.165, 1.54) is 17.1 Å². The predicted molar refractivity (Wildman–Crippen MR) is 65.3 cm³/mol. The molecule has 20 heavy (non-hydrogen) atoms. The van der Waals surface area contributed by atoms with Gasteiger partial charge in [0.25, 0.3) is 0 Å². The quantitative estimate of drug-likeness (QED) is 0.926. The highest BCUT2D eigenvalue weighted by atomic mass is 32.2. The van der Waals surface area contributed by atoms with Crippen LogP contribution in [0.2, 0.25) is 0 Å². The maximum atomic E-state index is 12.7. The van der Waals surface area contributed by atoms with E-state index in [4.69, 9.17) is 0 Å². The molecule has 1 aliphatic carbocycles. The Morgan fingerprint density at radius 3 is 2.65 bits per heavy atom. The summed E-state index contributed by atoms with van der Waals surface area (Å²) in [6.45, 7) is 0. The minimum absolute atomic E-state index is 0.0332. The van der Waals surface area contributed by atoms with Gasteiger partial charge in [-0.05, 0) is 19.3 Å². The lowest BCUT2D eigenvalue weighted by Gasteiger charge is -2.30. The lowest BCUT2D eigenvalue weighted by atomic mass is 9.86. The molecule has 1 aromatic heterocycles. The highest BCUT2D eigenvalue weighted by Crippen LogP contribution is 2.37. The van der Waals surface area contributed by atoms with E-state index < -0.39 is 28.2 Å². The SMILES string of the molecule is Cn1cc(S(=O)(=O)NC2CCCC(C(F)(F)F)C2)cn1. The molecule has 1 saturated carbocycles. The van der Waals surface area contributed by atoms with Crippen molar-refractivity contribution >= 4 is 10.0 Å². The Morgan fingerprint density at radius 2 is 2.10 bits per heavy atom. The normalized spacial score (nSPS) is 24.8. The predicted octanol–water partition coefficient (Wildman–Crippen LogP) is 1.82. The van der Waals surface area contributed by atoms with E-state index in [0.29, 0.717) is 12.8 Å². The molecule has 0 spiro atoms. The molecule has 1 fully saturated rings. The molecule has 2 atom stereocenters. The van der Waals surface area contributed by atoms with Gasteiger partial charge in [0.05, 0.1) is 12.1 Å². The van der Waals surface area contributed by atoms with Crippen LogP contribution in [0.15, 0.2) is 17.3 Å². The van der Waals surface area contributed by atoms with Gasteiger partial charge in [-0.3, -0.25) is 4.68 Å². The largest absolute Gasteiger partial charge is 0.391 e. The molecule has 5 nitrogen and oxygen atoms in total. The molecule has 9 heteroatoms. The molecular weight excluding hydrogens is 295 g/mol. The fourth-order valence-electron chi connectivity index (χ4n) is 2.42. The Labute approximate surface area is 115 Å². The second-order valence-corrected chi connectivity index (χ2v) is 6.79.